The van der Waals surface area contributed by atoms with Crippen molar-refractivity contribution in [3.8, 4) is 0 Å². The molecule has 0 unspecified atom stereocenters. The molecule has 1 saturated heterocycles. The van der Waals surface area contributed by atoms with Crippen LogP contribution in [0.15, 0.2) is 30.5 Å². The van der Waals surface area contributed by atoms with E-state index in [9.17, 15) is 9.59 Å². The number of aliphatic carboxylic acids is 1. The maximum absolute atomic E-state index is 12.6. The summed E-state index contributed by atoms with van der Waals surface area (Å²) in [7, 11) is 0. The number of benzene rings is 1. The van der Waals surface area contributed by atoms with E-state index in [1.807, 2.05) is 35.4 Å². The number of likely N-dealkylation sites (tertiary alicyclic amines) is 1. The van der Waals surface area contributed by atoms with Gasteiger partial charge in [0.05, 0.1) is 0 Å². The van der Waals surface area contributed by atoms with Crippen molar-refractivity contribution in [1.82, 2.24) is 9.88 Å². The van der Waals surface area contributed by atoms with E-state index in [1.165, 1.54) is 0 Å². The molecule has 0 saturated carbocycles. The van der Waals surface area contributed by atoms with Crippen molar-refractivity contribution < 1.29 is 14.7 Å². The molecule has 1 aromatic heterocycles. The molecule has 5 heteroatoms. The molecule has 1 aliphatic rings. The molecule has 2 N–H and O–H groups in total. The maximum Gasteiger partial charge on any atom is 0.303 e. The second-order valence-corrected chi connectivity index (χ2v) is 5.97. The Morgan fingerprint density at radius 3 is 3.00 bits per heavy atom. The summed E-state index contributed by atoms with van der Waals surface area (Å²) in [5, 5.41) is 9.83. The predicted molar refractivity (Wildman–Crippen MR) is 83.8 cm³/mol. The number of piperidine rings is 1. The number of carboxylic acids is 1. The Morgan fingerprint density at radius 1 is 1.32 bits per heavy atom. The van der Waals surface area contributed by atoms with Crippen LogP contribution in [0.2, 0.25) is 0 Å². The first kappa shape index (κ1) is 14.6. The fraction of sp³-hybridized carbons (Fsp3) is 0.412. The summed E-state index contributed by atoms with van der Waals surface area (Å²) in [6, 6.07) is 7.64. The van der Waals surface area contributed by atoms with Gasteiger partial charge in [0.15, 0.2) is 0 Å². The Balaban J connectivity index is 1.69. The number of carbonyl (C=O) groups excluding carboxylic acids is 1. The van der Waals surface area contributed by atoms with Crippen molar-refractivity contribution in [3.05, 3.63) is 36.0 Å². The first-order chi connectivity index (χ1) is 10.6. The van der Waals surface area contributed by atoms with Gasteiger partial charge >= 0.3 is 5.97 Å². The standard InChI is InChI=1S/C17H20N2O3/c20-16(21)6-3-12-2-1-9-19(11-12)17(22)14-4-5-15-13(10-14)7-8-18-15/h4-5,7-8,10,12,18H,1-3,6,9,11H2,(H,20,21)/t12-/m0/s1. The number of nitrogens with zero attached hydrogens (tertiary/aromatic N) is 1. The normalized spacial score (nSPS) is 18.5. The molecule has 0 bridgehead atoms. The average Bonchev–Trinajstić information content (AvgIpc) is 3.00. The molecule has 3 rings (SSSR count). The number of aromatic amines is 1. The third-order valence-corrected chi connectivity index (χ3v) is 4.37. The zero-order chi connectivity index (χ0) is 15.5. The third-order valence-electron chi connectivity index (χ3n) is 4.37. The zero-order valence-corrected chi connectivity index (χ0v) is 12.4. The molecule has 1 aromatic carbocycles. The lowest BCUT2D eigenvalue weighted by Gasteiger charge is -2.32. The van der Waals surface area contributed by atoms with Crippen molar-refractivity contribution in [3.63, 3.8) is 0 Å². The Labute approximate surface area is 128 Å². The molecule has 2 heterocycles. The van der Waals surface area contributed by atoms with Crippen molar-refractivity contribution in [2.75, 3.05) is 13.1 Å². The largest absolute Gasteiger partial charge is 0.481 e. The van der Waals surface area contributed by atoms with Crippen LogP contribution in [0, 0.1) is 5.92 Å². The highest BCUT2D eigenvalue weighted by Crippen LogP contribution is 2.23. The van der Waals surface area contributed by atoms with Crippen molar-refractivity contribution in [2.45, 2.75) is 25.7 Å². The number of carbonyl (C=O) groups is 2. The molecule has 2 aromatic rings. The number of rotatable bonds is 4. The molecule has 1 amide bonds. The summed E-state index contributed by atoms with van der Waals surface area (Å²) in [4.78, 5) is 28.3. The van der Waals surface area contributed by atoms with Gasteiger partial charge in [-0.15, -0.1) is 0 Å². The molecule has 1 atom stereocenters. The number of hydrogen-bond donors (Lipinski definition) is 2. The molecule has 0 radical (unpaired) electrons. The fourth-order valence-electron chi connectivity index (χ4n) is 3.18. The van der Waals surface area contributed by atoms with Gasteiger partial charge in [0.25, 0.3) is 5.91 Å². The van der Waals surface area contributed by atoms with Crippen LogP contribution in [-0.4, -0.2) is 40.0 Å². The van der Waals surface area contributed by atoms with E-state index in [-0.39, 0.29) is 12.3 Å². The van der Waals surface area contributed by atoms with Gasteiger partial charge in [-0.25, -0.2) is 0 Å². The van der Waals surface area contributed by atoms with E-state index < -0.39 is 5.97 Å². The van der Waals surface area contributed by atoms with E-state index in [1.54, 1.807) is 0 Å². The first-order valence-electron chi connectivity index (χ1n) is 7.71. The molecule has 1 fully saturated rings. The molecule has 22 heavy (non-hydrogen) atoms. The van der Waals surface area contributed by atoms with Gasteiger partial charge in [0, 0.05) is 42.2 Å². The van der Waals surface area contributed by atoms with Gasteiger partial charge in [-0.05, 0) is 49.4 Å². The van der Waals surface area contributed by atoms with Crippen LogP contribution in [0.4, 0.5) is 0 Å². The van der Waals surface area contributed by atoms with Crippen LogP contribution in [0.1, 0.15) is 36.0 Å². The lowest BCUT2D eigenvalue weighted by Crippen LogP contribution is -2.40. The third kappa shape index (κ3) is 3.13. The van der Waals surface area contributed by atoms with Gasteiger partial charge in [0.1, 0.15) is 0 Å². The Morgan fingerprint density at radius 2 is 2.18 bits per heavy atom. The minimum absolute atomic E-state index is 0.0446. The van der Waals surface area contributed by atoms with Crippen molar-refractivity contribution >= 4 is 22.8 Å². The summed E-state index contributed by atoms with van der Waals surface area (Å²) >= 11 is 0. The van der Waals surface area contributed by atoms with Gasteiger partial charge in [-0.3, -0.25) is 9.59 Å². The highest BCUT2D eigenvalue weighted by atomic mass is 16.4. The number of carboxylic acid groups (broad SMARTS) is 1. The van der Waals surface area contributed by atoms with Gasteiger partial charge < -0.3 is 15.0 Å². The molecular formula is C17H20N2O3. The summed E-state index contributed by atoms with van der Waals surface area (Å²) < 4.78 is 0. The van der Waals surface area contributed by atoms with E-state index in [4.69, 9.17) is 5.11 Å². The van der Waals surface area contributed by atoms with E-state index in [0.29, 0.717) is 24.4 Å². The first-order valence-corrected chi connectivity index (χ1v) is 7.71. The lowest BCUT2D eigenvalue weighted by molar-refractivity contribution is -0.137. The quantitative estimate of drug-likeness (QED) is 0.912. The van der Waals surface area contributed by atoms with Crippen LogP contribution in [-0.2, 0) is 4.79 Å². The summed E-state index contributed by atoms with van der Waals surface area (Å²) in [5.41, 5.74) is 1.72. The number of nitrogens with one attached hydrogen (secondary N) is 1. The highest BCUT2D eigenvalue weighted by Gasteiger charge is 2.24. The lowest BCUT2D eigenvalue weighted by atomic mass is 9.93. The van der Waals surface area contributed by atoms with Crippen molar-refractivity contribution in [2.24, 2.45) is 5.92 Å². The van der Waals surface area contributed by atoms with Crippen LogP contribution in [0.25, 0.3) is 10.9 Å². The number of aromatic nitrogens is 1. The second kappa shape index (κ2) is 6.22. The fourth-order valence-corrected chi connectivity index (χ4v) is 3.18. The van der Waals surface area contributed by atoms with Gasteiger partial charge in [0.2, 0.25) is 0 Å². The number of amides is 1. The Kier molecular flexibility index (Phi) is 4.13. The smallest absolute Gasteiger partial charge is 0.303 e. The number of fused-ring (bicyclic) bond motifs is 1. The van der Waals surface area contributed by atoms with E-state index in [2.05, 4.69) is 4.98 Å². The van der Waals surface area contributed by atoms with Crippen LogP contribution < -0.4 is 0 Å². The van der Waals surface area contributed by atoms with Crippen LogP contribution >= 0.6 is 0 Å². The molecule has 1 aliphatic heterocycles. The van der Waals surface area contributed by atoms with E-state index in [0.717, 1.165) is 30.3 Å². The predicted octanol–water partition coefficient (Wildman–Crippen LogP) is 2.88. The monoisotopic (exact) mass is 300 g/mol. The molecular weight excluding hydrogens is 280 g/mol. The summed E-state index contributed by atoms with van der Waals surface area (Å²) in [6.07, 6.45) is 4.65. The molecule has 5 nitrogen and oxygen atoms in total. The molecule has 0 spiro atoms. The topological polar surface area (TPSA) is 73.4 Å². The SMILES string of the molecule is O=C(O)CC[C@@H]1CCCN(C(=O)c2ccc3[nH]ccc3c2)C1. The zero-order valence-electron chi connectivity index (χ0n) is 12.4. The second-order valence-electron chi connectivity index (χ2n) is 5.97. The molecule has 116 valence electrons. The minimum Gasteiger partial charge on any atom is -0.481 e. The van der Waals surface area contributed by atoms with Crippen LogP contribution in [0.5, 0.6) is 0 Å². The van der Waals surface area contributed by atoms with Gasteiger partial charge in [-0.2, -0.15) is 0 Å². The summed E-state index contributed by atoms with van der Waals surface area (Å²) in [6.45, 7) is 1.42. The average molecular weight is 300 g/mol. The van der Waals surface area contributed by atoms with E-state index >= 15 is 0 Å². The Hall–Kier alpha value is -2.30. The van der Waals surface area contributed by atoms with Crippen LogP contribution in [0.3, 0.4) is 0 Å². The number of hydrogen-bond acceptors (Lipinski definition) is 2. The molecule has 0 aliphatic carbocycles. The Bertz CT molecular complexity index is 692. The van der Waals surface area contributed by atoms with Crippen molar-refractivity contribution in [1.29, 1.82) is 0 Å². The highest BCUT2D eigenvalue weighted by molar-refractivity contribution is 5.98. The minimum atomic E-state index is -0.763. The van der Waals surface area contributed by atoms with Gasteiger partial charge in [-0.1, -0.05) is 0 Å². The maximum atomic E-state index is 12.6. The summed E-state index contributed by atoms with van der Waals surface area (Å²) in [5.74, 6) is -0.422. The number of H-pyrrole nitrogens is 1.